The predicted molar refractivity (Wildman–Crippen MR) is 31.7 cm³/mol. The van der Waals surface area contributed by atoms with E-state index in [1.807, 2.05) is 0 Å². The molecule has 2 heteroatoms. The van der Waals surface area contributed by atoms with E-state index in [4.69, 9.17) is 4.52 Å². The summed E-state index contributed by atoms with van der Waals surface area (Å²) in [6, 6.07) is 0. The fourth-order valence-corrected chi connectivity index (χ4v) is 3.38. The first-order valence-corrected chi connectivity index (χ1v) is 4.92. The Hall–Kier alpha value is 0.130. The minimum Gasteiger partial charge on any atom is -0.222 e. The molecule has 1 saturated heterocycles. The highest BCUT2D eigenvalue weighted by Crippen LogP contribution is 2.71. The van der Waals surface area contributed by atoms with Crippen molar-refractivity contribution in [3.05, 3.63) is 11.9 Å². The molecule has 1 fully saturated rings. The van der Waals surface area contributed by atoms with Gasteiger partial charge in [0, 0.05) is 0 Å². The smallest absolute Gasteiger partial charge is 0.171 e. The maximum absolute atomic E-state index is 5.44. The topological polar surface area (TPSA) is 9.23 Å². The van der Waals surface area contributed by atoms with Gasteiger partial charge in [-0.05, 0) is 6.08 Å². The number of hydrogen-bond acceptors (Lipinski definition) is 1. The van der Waals surface area contributed by atoms with Gasteiger partial charge in [-0.3, -0.25) is 0 Å². The quantitative estimate of drug-likeness (QED) is 0.434. The second-order valence-corrected chi connectivity index (χ2v) is 5.56. The molecule has 2 bridgehead atoms. The average Bonchev–Trinajstić information content (AvgIpc) is 1.88. The lowest BCUT2D eigenvalue weighted by atomic mass is 10.4. The van der Waals surface area contributed by atoms with Crippen LogP contribution in [0.3, 0.4) is 0 Å². The molecule has 3 heterocycles. The largest absolute Gasteiger partial charge is 0.222 e. The lowest BCUT2D eigenvalue weighted by Gasteiger charge is -2.24. The van der Waals surface area contributed by atoms with Crippen molar-refractivity contribution in [3.8, 4) is 0 Å². The van der Waals surface area contributed by atoms with Crippen LogP contribution in [0.1, 0.15) is 0 Å². The summed E-state index contributed by atoms with van der Waals surface area (Å²) in [5.41, 5.74) is 0. The summed E-state index contributed by atoms with van der Waals surface area (Å²) in [5, 5.41) is 0. The summed E-state index contributed by atoms with van der Waals surface area (Å²) in [6.45, 7) is 2.23. The highest BCUT2D eigenvalue weighted by molar-refractivity contribution is 7.75. The van der Waals surface area contributed by atoms with E-state index >= 15 is 0 Å². The monoisotopic (exact) mass is 115 g/mol. The Morgan fingerprint density at radius 2 is 2.57 bits per heavy atom. The predicted octanol–water partition coefficient (Wildman–Crippen LogP) is 1.47. The normalized spacial score (nSPS) is 54.7. The molecule has 3 aliphatic rings. The lowest BCUT2D eigenvalue weighted by Crippen LogP contribution is -2.22. The van der Waals surface area contributed by atoms with E-state index < -0.39 is 7.49 Å². The molecule has 0 spiro atoms. The van der Waals surface area contributed by atoms with E-state index in [0.29, 0.717) is 6.10 Å². The molecular weight excluding hydrogens is 107 g/mol. The number of hydrogen-bond donors (Lipinski definition) is 0. The van der Waals surface area contributed by atoms with Gasteiger partial charge in [0.05, 0.1) is 12.5 Å². The fraction of sp³-hybridized carbons (Fsp3) is 0.600. The molecule has 0 N–H and O–H groups in total. The van der Waals surface area contributed by atoms with E-state index in [1.54, 1.807) is 0 Å². The zero-order valence-corrected chi connectivity index (χ0v) is 5.19. The Balaban J connectivity index is 2.33. The zero-order valence-electron chi connectivity index (χ0n) is 4.29. The standard InChI is InChI=1S/C5H8OP/c1-7-3-2-5(4-7)6-7/h2-3,5H,4H2,1H3/q+1. The summed E-state index contributed by atoms with van der Waals surface area (Å²) in [4.78, 5) is 0. The van der Waals surface area contributed by atoms with Crippen LogP contribution in [0.2, 0.25) is 0 Å². The Bertz CT molecular complexity index is 124. The van der Waals surface area contributed by atoms with Crippen molar-refractivity contribution in [3.63, 3.8) is 0 Å². The third-order valence-corrected chi connectivity index (χ3v) is 4.17. The summed E-state index contributed by atoms with van der Waals surface area (Å²) in [6.07, 6.45) is 4.04. The average molecular weight is 115 g/mol. The van der Waals surface area contributed by atoms with Crippen LogP contribution in [-0.4, -0.2) is 18.9 Å². The minimum atomic E-state index is -0.830. The molecule has 0 aromatic heterocycles. The van der Waals surface area contributed by atoms with Crippen LogP contribution >= 0.6 is 7.49 Å². The number of rotatable bonds is 0. The Labute approximate surface area is 43.8 Å². The molecular formula is C5H8OP+. The van der Waals surface area contributed by atoms with Gasteiger partial charge in [-0.1, -0.05) is 0 Å². The van der Waals surface area contributed by atoms with Crippen molar-refractivity contribution >= 4 is 7.49 Å². The second kappa shape index (κ2) is 0.936. The molecule has 0 amide bonds. The Kier molecular flexibility index (Phi) is 0.542. The molecule has 1 nitrogen and oxygen atoms in total. The zero-order chi connectivity index (χ0) is 4.91. The Morgan fingerprint density at radius 3 is 2.71 bits per heavy atom. The summed E-state index contributed by atoms with van der Waals surface area (Å²) < 4.78 is 5.44. The van der Waals surface area contributed by atoms with Gasteiger partial charge in [0.2, 0.25) is 0 Å². The first kappa shape index (κ1) is 4.05. The summed E-state index contributed by atoms with van der Waals surface area (Å²) in [5.74, 6) is 2.26. The molecule has 0 aliphatic carbocycles. The van der Waals surface area contributed by atoms with Crippen molar-refractivity contribution in [2.75, 3.05) is 12.8 Å². The molecule has 3 aliphatic heterocycles. The van der Waals surface area contributed by atoms with Crippen LogP contribution in [-0.2, 0) is 4.52 Å². The van der Waals surface area contributed by atoms with E-state index in [9.17, 15) is 0 Å². The third-order valence-electron chi connectivity index (χ3n) is 1.53. The molecule has 0 radical (unpaired) electrons. The van der Waals surface area contributed by atoms with Gasteiger partial charge >= 0.3 is 0 Å². The second-order valence-electron chi connectivity index (χ2n) is 2.34. The van der Waals surface area contributed by atoms with E-state index in [0.717, 1.165) is 0 Å². The molecule has 3 rings (SSSR count). The first-order valence-electron chi connectivity index (χ1n) is 2.51. The van der Waals surface area contributed by atoms with Gasteiger partial charge in [-0.15, -0.1) is 0 Å². The minimum absolute atomic E-state index is 0.526. The van der Waals surface area contributed by atoms with E-state index in [1.165, 1.54) is 6.16 Å². The molecule has 2 unspecified atom stereocenters. The van der Waals surface area contributed by atoms with Gasteiger partial charge in [-0.2, -0.15) is 0 Å². The SMILES string of the molecule is C[P+]12C=CC(C1)O2. The van der Waals surface area contributed by atoms with Crippen LogP contribution in [0.25, 0.3) is 0 Å². The highest BCUT2D eigenvalue weighted by Gasteiger charge is 2.53. The van der Waals surface area contributed by atoms with Gasteiger partial charge in [0.1, 0.15) is 6.16 Å². The Morgan fingerprint density at radius 1 is 1.86 bits per heavy atom. The molecule has 7 heavy (non-hydrogen) atoms. The maximum Gasteiger partial charge on any atom is 0.171 e. The van der Waals surface area contributed by atoms with E-state index in [2.05, 4.69) is 18.6 Å². The molecule has 38 valence electrons. The molecule has 0 saturated carbocycles. The molecule has 0 aromatic rings. The van der Waals surface area contributed by atoms with Crippen LogP contribution in [0.15, 0.2) is 11.9 Å². The van der Waals surface area contributed by atoms with Gasteiger partial charge in [-0.25, -0.2) is 4.52 Å². The third kappa shape index (κ3) is 0.402. The maximum atomic E-state index is 5.44. The van der Waals surface area contributed by atoms with Gasteiger partial charge in [0.25, 0.3) is 0 Å². The lowest BCUT2D eigenvalue weighted by molar-refractivity contribution is 0.257. The first-order chi connectivity index (χ1) is 3.29. The van der Waals surface area contributed by atoms with Gasteiger partial charge in [0.15, 0.2) is 13.6 Å². The molecule has 0 aromatic carbocycles. The van der Waals surface area contributed by atoms with E-state index in [-0.39, 0.29) is 0 Å². The summed E-state index contributed by atoms with van der Waals surface area (Å²) in [7, 11) is -0.830. The van der Waals surface area contributed by atoms with Crippen LogP contribution in [0.4, 0.5) is 0 Å². The highest BCUT2D eigenvalue weighted by atomic mass is 31.2. The van der Waals surface area contributed by atoms with Crippen molar-refractivity contribution in [1.29, 1.82) is 0 Å². The fourth-order valence-electron chi connectivity index (χ4n) is 1.13. The van der Waals surface area contributed by atoms with Crippen molar-refractivity contribution in [1.82, 2.24) is 0 Å². The molecule has 2 atom stereocenters. The van der Waals surface area contributed by atoms with Crippen LogP contribution in [0, 0.1) is 0 Å². The van der Waals surface area contributed by atoms with Crippen LogP contribution < -0.4 is 0 Å². The summed E-state index contributed by atoms with van der Waals surface area (Å²) >= 11 is 0. The van der Waals surface area contributed by atoms with Crippen molar-refractivity contribution in [2.24, 2.45) is 0 Å². The van der Waals surface area contributed by atoms with Crippen LogP contribution in [0.5, 0.6) is 0 Å². The van der Waals surface area contributed by atoms with Crippen molar-refractivity contribution < 1.29 is 4.52 Å². The van der Waals surface area contributed by atoms with Crippen molar-refractivity contribution in [2.45, 2.75) is 6.10 Å². The van der Waals surface area contributed by atoms with Gasteiger partial charge < -0.3 is 0 Å².